The minimum absolute atomic E-state index is 0.0180. The number of likely N-dealkylation sites (tertiary alicyclic amines) is 1. The summed E-state index contributed by atoms with van der Waals surface area (Å²) in [6.07, 6.45) is 1.50. The first-order valence-electron chi connectivity index (χ1n) is 11.5. The Kier molecular flexibility index (Phi) is 8.15. The molecule has 1 aliphatic rings. The van der Waals surface area contributed by atoms with Gasteiger partial charge in [0, 0.05) is 26.2 Å². The first-order valence-corrected chi connectivity index (χ1v) is 13.0. The highest BCUT2D eigenvalue weighted by atomic mass is 32.2. The van der Waals surface area contributed by atoms with E-state index in [0.717, 1.165) is 22.8 Å². The molecule has 0 spiro atoms. The molecule has 1 atom stereocenters. The van der Waals surface area contributed by atoms with Crippen molar-refractivity contribution in [2.75, 3.05) is 41.3 Å². The molecule has 1 saturated heterocycles. The number of aryl methyl sites for hydroxylation is 1. The van der Waals surface area contributed by atoms with E-state index in [9.17, 15) is 23.1 Å². The summed E-state index contributed by atoms with van der Waals surface area (Å²) in [7, 11) is 2.95. The highest BCUT2D eigenvalue weighted by Crippen LogP contribution is 2.39. The van der Waals surface area contributed by atoms with Gasteiger partial charge in [-0.25, -0.2) is 12.7 Å². The van der Waals surface area contributed by atoms with E-state index in [0.29, 0.717) is 18.5 Å². The average Bonchev–Trinajstić information content (AvgIpc) is 3.08. The quantitative estimate of drug-likeness (QED) is 0.324. The van der Waals surface area contributed by atoms with Gasteiger partial charge in [-0.2, -0.15) is 0 Å². The lowest BCUT2D eigenvalue weighted by Gasteiger charge is -2.26. The molecule has 188 valence electrons. The number of carbonyl (C=O) groups excluding carboxylic acids is 2. The van der Waals surface area contributed by atoms with Crippen LogP contribution in [0.25, 0.3) is 5.76 Å². The Morgan fingerprint density at radius 3 is 2.26 bits per heavy atom. The Hall–Kier alpha value is -3.01. The standard InChI is InChI=1S/C26H33N3O5S/c1-6-18-11-13-19(14-12-18)23-22(25(31)26(32)29(23)16-8-15-27(2)3)24(30)20-9-7-10-21(17-20)35(33,34)28(4)5/h7,9-14,17,23,30H,6,8,15-16H2,1-5H3/b24-22+. The minimum Gasteiger partial charge on any atom is -0.507 e. The van der Waals surface area contributed by atoms with E-state index in [4.69, 9.17) is 0 Å². The number of aliphatic hydroxyl groups is 1. The van der Waals surface area contributed by atoms with Gasteiger partial charge in [-0.1, -0.05) is 43.3 Å². The van der Waals surface area contributed by atoms with Crippen molar-refractivity contribution in [2.24, 2.45) is 0 Å². The average molecular weight is 500 g/mol. The van der Waals surface area contributed by atoms with E-state index in [2.05, 4.69) is 0 Å². The molecule has 0 bridgehead atoms. The highest BCUT2D eigenvalue weighted by Gasteiger charge is 2.45. The van der Waals surface area contributed by atoms with Crippen molar-refractivity contribution >= 4 is 27.5 Å². The molecular weight excluding hydrogens is 466 g/mol. The number of carbonyl (C=O) groups is 2. The van der Waals surface area contributed by atoms with Crippen LogP contribution in [-0.2, 0) is 26.0 Å². The molecule has 1 heterocycles. The molecule has 1 amide bonds. The summed E-state index contributed by atoms with van der Waals surface area (Å²) >= 11 is 0. The number of ketones is 1. The molecule has 0 saturated carbocycles. The molecule has 2 aromatic carbocycles. The molecule has 0 radical (unpaired) electrons. The van der Waals surface area contributed by atoms with Crippen molar-refractivity contribution < 1.29 is 23.1 Å². The Bertz CT molecular complexity index is 1230. The SMILES string of the molecule is CCc1ccc(C2/C(=C(\O)c3cccc(S(=O)(=O)N(C)C)c3)C(=O)C(=O)N2CCCN(C)C)cc1. The number of hydrogen-bond donors (Lipinski definition) is 1. The second-order valence-electron chi connectivity index (χ2n) is 9.06. The summed E-state index contributed by atoms with van der Waals surface area (Å²) in [5.41, 5.74) is 1.95. The van der Waals surface area contributed by atoms with Gasteiger partial charge in [0.05, 0.1) is 16.5 Å². The summed E-state index contributed by atoms with van der Waals surface area (Å²) in [5, 5.41) is 11.3. The fourth-order valence-corrected chi connectivity index (χ4v) is 5.07. The number of amides is 1. The van der Waals surface area contributed by atoms with Crippen molar-refractivity contribution in [2.45, 2.75) is 30.7 Å². The smallest absolute Gasteiger partial charge is 0.295 e. The first kappa shape index (κ1) is 26.6. The predicted octanol–water partition coefficient (Wildman–Crippen LogP) is 2.87. The van der Waals surface area contributed by atoms with E-state index in [1.165, 1.54) is 43.3 Å². The van der Waals surface area contributed by atoms with Gasteiger partial charge in [0.1, 0.15) is 5.76 Å². The highest BCUT2D eigenvalue weighted by molar-refractivity contribution is 7.89. The third kappa shape index (κ3) is 5.47. The fraction of sp³-hybridized carbons (Fsp3) is 0.385. The van der Waals surface area contributed by atoms with Gasteiger partial charge < -0.3 is 14.9 Å². The molecular formula is C26H33N3O5S. The summed E-state index contributed by atoms with van der Waals surface area (Å²) in [4.78, 5) is 29.7. The largest absolute Gasteiger partial charge is 0.507 e. The van der Waals surface area contributed by atoms with Crippen molar-refractivity contribution in [1.82, 2.24) is 14.1 Å². The second kappa shape index (κ2) is 10.7. The molecule has 8 nitrogen and oxygen atoms in total. The third-order valence-electron chi connectivity index (χ3n) is 6.13. The number of hydrogen-bond acceptors (Lipinski definition) is 6. The van der Waals surface area contributed by atoms with Crippen LogP contribution in [0.2, 0.25) is 0 Å². The lowest BCUT2D eigenvalue weighted by atomic mass is 9.94. The Morgan fingerprint density at radius 2 is 1.69 bits per heavy atom. The monoisotopic (exact) mass is 499 g/mol. The molecule has 1 aliphatic heterocycles. The number of Topliss-reactive ketones (excluding diaryl/α,β-unsaturated/α-hetero) is 1. The van der Waals surface area contributed by atoms with Gasteiger partial charge in [0.25, 0.3) is 11.7 Å². The number of sulfonamides is 1. The zero-order valence-corrected chi connectivity index (χ0v) is 21.7. The molecule has 0 aliphatic carbocycles. The summed E-state index contributed by atoms with van der Waals surface area (Å²) in [6, 6.07) is 12.6. The molecule has 1 fully saturated rings. The van der Waals surface area contributed by atoms with Gasteiger partial charge in [0.15, 0.2) is 0 Å². The fourth-order valence-electron chi connectivity index (χ4n) is 4.12. The van der Waals surface area contributed by atoms with Crippen LogP contribution in [0.5, 0.6) is 0 Å². The Labute approximate surface area is 207 Å². The Balaban J connectivity index is 2.14. The van der Waals surface area contributed by atoms with Crippen LogP contribution in [-0.4, -0.2) is 80.6 Å². The predicted molar refractivity (Wildman–Crippen MR) is 135 cm³/mol. The molecule has 35 heavy (non-hydrogen) atoms. The van der Waals surface area contributed by atoms with Gasteiger partial charge in [0.2, 0.25) is 10.0 Å². The molecule has 0 aromatic heterocycles. The van der Waals surface area contributed by atoms with Gasteiger partial charge in [-0.05, 0) is 56.7 Å². The van der Waals surface area contributed by atoms with E-state index < -0.39 is 27.8 Å². The summed E-state index contributed by atoms with van der Waals surface area (Å²) < 4.78 is 26.3. The topological polar surface area (TPSA) is 98.2 Å². The van der Waals surface area contributed by atoms with Gasteiger partial charge in [-0.3, -0.25) is 9.59 Å². The molecule has 3 rings (SSSR count). The number of benzene rings is 2. The molecule has 9 heteroatoms. The van der Waals surface area contributed by atoms with Crippen molar-refractivity contribution in [3.63, 3.8) is 0 Å². The maximum Gasteiger partial charge on any atom is 0.295 e. The zero-order chi connectivity index (χ0) is 25.9. The zero-order valence-electron chi connectivity index (χ0n) is 20.9. The minimum atomic E-state index is -3.75. The van der Waals surface area contributed by atoms with Gasteiger partial charge in [-0.15, -0.1) is 0 Å². The van der Waals surface area contributed by atoms with Crippen LogP contribution < -0.4 is 0 Å². The van der Waals surface area contributed by atoms with E-state index in [1.807, 2.05) is 50.2 Å². The third-order valence-corrected chi connectivity index (χ3v) is 7.95. The van der Waals surface area contributed by atoms with E-state index in [1.54, 1.807) is 0 Å². The number of nitrogens with zero attached hydrogens (tertiary/aromatic N) is 3. The van der Waals surface area contributed by atoms with Gasteiger partial charge >= 0.3 is 0 Å². The summed E-state index contributed by atoms with van der Waals surface area (Å²) in [5.74, 6) is -1.84. The van der Waals surface area contributed by atoms with Crippen LogP contribution in [0.4, 0.5) is 0 Å². The maximum absolute atomic E-state index is 13.2. The maximum atomic E-state index is 13.2. The Morgan fingerprint density at radius 1 is 1.03 bits per heavy atom. The lowest BCUT2D eigenvalue weighted by molar-refractivity contribution is -0.139. The van der Waals surface area contributed by atoms with E-state index in [-0.39, 0.29) is 21.8 Å². The number of aliphatic hydroxyl groups excluding tert-OH is 1. The van der Waals surface area contributed by atoms with Crippen LogP contribution in [0.1, 0.15) is 36.1 Å². The molecule has 1 N–H and O–H groups in total. The first-order chi connectivity index (χ1) is 16.5. The van der Waals surface area contributed by atoms with Crippen molar-refractivity contribution in [1.29, 1.82) is 0 Å². The molecule has 2 aromatic rings. The second-order valence-corrected chi connectivity index (χ2v) is 11.2. The molecule has 1 unspecified atom stereocenters. The van der Waals surface area contributed by atoms with Crippen LogP contribution in [0, 0.1) is 0 Å². The summed E-state index contributed by atoms with van der Waals surface area (Å²) in [6.45, 7) is 3.11. The number of rotatable bonds is 9. The van der Waals surface area contributed by atoms with Crippen LogP contribution in [0.15, 0.2) is 59.0 Å². The van der Waals surface area contributed by atoms with Crippen LogP contribution in [0.3, 0.4) is 0 Å². The normalized spacial score (nSPS) is 18.1. The van der Waals surface area contributed by atoms with Crippen LogP contribution >= 0.6 is 0 Å². The lowest BCUT2D eigenvalue weighted by Crippen LogP contribution is -2.32. The van der Waals surface area contributed by atoms with Crippen molar-refractivity contribution in [3.05, 3.63) is 70.8 Å². The van der Waals surface area contributed by atoms with E-state index >= 15 is 0 Å². The van der Waals surface area contributed by atoms with Crippen molar-refractivity contribution in [3.8, 4) is 0 Å².